The van der Waals surface area contributed by atoms with Crippen LogP contribution >= 0.6 is 0 Å². The van der Waals surface area contributed by atoms with Gasteiger partial charge in [0.2, 0.25) is 21.8 Å². The van der Waals surface area contributed by atoms with E-state index in [-0.39, 0.29) is 42.8 Å². The predicted molar refractivity (Wildman–Crippen MR) is 199 cm³/mol. The monoisotopic (exact) mass is 741 g/mol. The van der Waals surface area contributed by atoms with Crippen LogP contribution in [0.1, 0.15) is 94.4 Å². The maximum Gasteiger partial charge on any atom is 0.240 e. The Morgan fingerprint density at radius 1 is 1.06 bits per heavy atom. The van der Waals surface area contributed by atoms with Crippen molar-refractivity contribution in [1.29, 1.82) is 0 Å². The lowest BCUT2D eigenvalue weighted by Crippen LogP contribution is -2.48. The van der Waals surface area contributed by atoms with Crippen LogP contribution in [0.15, 0.2) is 60.7 Å². The molecule has 9 nitrogen and oxygen atoms in total. The number of nitrogens with zero attached hydrogens (tertiary/aromatic N) is 2. The van der Waals surface area contributed by atoms with E-state index < -0.39 is 43.7 Å². The number of fused-ring (bicyclic) bond motifs is 5. The molecule has 1 saturated heterocycles. The normalized spacial score (nSPS) is 30.3. The molecule has 5 aliphatic rings. The van der Waals surface area contributed by atoms with Crippen LogP contribution in [0.5, 0.6) is 5.75 Å². The second kappa shape index (κ2) is 13.3. The molecule has 0 bridgehead atoms. The van der Waals surface area contributed by atoms with E-state index in [0.29, 0.717) is 50.7 Å². The standard InChI is InChI=1S/C42H48FN3O6S/c1-27-37-33(32-15-8-9-16-34(32)44-27)17-18-41(52-37)24-35-36(47)25-42(39(49)45-53(50,51)40(2)19-20-40)23-30(42)13-7-5-3-4-6-12-29(38(48)46(35)26-41)21-28-11-10-14-31(43)22-28/h7-11,13-16,22,29-30,35H,3-6,12,17-21,23-26H2,1-2H3,(H,45,49)/b13-7-/t29-,30-,35+,41-,42-/m1/s1. The van der Waals surface area contributed by atoms with Crippen LogP contribution in [0.3, 0.4) is 0 Å². The van der Waals surface area contributed by atoms with Gasteiger partial charge in [-0.05, 0) is 101 Å². The summed E-state index contributed by atoms with van der Waals surface area (Å²) < 4.78 is 49.1. The number of carbonyl (C=O) groups is 3. The third kappa shape index (κ3) is 6.67. The van der Waals surface area contributed by atoms with E-state index in [1.165, 1.54) is 12.1 Å². The van der Waals surface area contributed by atoms with Crippen LogP contribution < -0.4 is 9.46 Å². The van der Waals surface area contributed by atoms with E-state index in [1.807, 2.05) is 49.4 Å². The Bertz CT molecular complexity index is 2130. The molecule has 0 radical (unpaired) electrons. The second-order valence-corrected chi connectivity index (χ2v) is 18.8. The smallest absolute Gasteiger partial charge is 0.240 e. The molecule has 11 heteroatoms. The number of Topliss-reactive ketones (excluding diaryl/α,β-unsaturated/α-hetero) is 1. The Labute approximate surface area is 310 Å². The van der Waals surface area contributed by atoms with E-state index in [1.54, 1.807) is 17.9 Å². The number of para-hydroxylation sites is 1. The zero-order chi connectivity index (χ0) is 37.2. The van der Waals surface area contributed by atoms with Gasteiger partial charge in [0.1, 0.15) is 17.2 Å². The lowest BCUT2D eigenvalue weighted by Gasteiger charge is -2.36. The summed E-state index contributed by atoms with van der Waals surface area (Å²) in [7, 11) is -3.92. The highest BCUT2D eigenvalue weighted by Crippen LogP contribution is 2.58. The molecule has 2 saturated carbocycles. The molecule has 1 spiro atoms. The van der Waals surface area contributed by atoms with Crippen LogP contribution in [0, 0.1) is 30.0 Å². The Kier molecular flexibility index (Phi) is 9.02. The molecule has 8 rings (SSSR count). The number of benzene rings is 2. The van der Waals surface area contributed by atoms with Gasteiger partial charge in [-0.2, -0.15) is 0 Å². The van der Waals surface area contributed by atoms with Crippen molar-refractivity contribution in [3.05, 3.63) is 83.3 Å². The largest absolute Gasteiger partial charge is 0.483 e. The molecular formula is C42H48FN3O6S. The van der Waals surface area contributed by atoms with Gasteiger partial charge in [-0.15, -0.1) is 0 Å². The maximum atomic E-state index is 14.9. The molecule has 0 unspecified atom stereocenters. The van der Waals surface area contributed by atoms with Gasteiger partial charge >= 0.3 is 0 Å². The number of hydrogen-bond acceptors (Lipinski definition) is 7. The lowest BCUT2D eigenvalue weighted by atomic mass is 9.85. The molecule has 1 aromatic heterocycles. The van der Waals surface area contributed by atoms with Gasteiger partial charge in [0.25, 0.3) is 0 Å². The summed E-state index contributed by atoms with van der Waals surface area (Å²) in [5.41, 5.74) is 1.37. The quantitative estimate of drug-likeness (QED) is 0.289. The summed E-state index contributed by atoms with van der Waals surface area (Å²) in [5, 5.41) is 1.02. The van der Waals surface area contributed by atoms with Crippen molar-refractivity contribution in [1.82, 2.24) is 14.6 Å². The maximum absolute atomic E-state index is 14.9. The van der Waals surface area contributed by atoms with Crippen molar-refractivity contribution >= 4 is 38.5 Å². The molecule has 53 heavy (non-hydrogen) atoms. The molecule has 4 heterocycles. The molecule has 3 aliphatic heterocycles. The highest BCUT2D eigenvalue weighted by atomic mass is 32.2. The number of allylic oxidation sites excluding steroid dienone is 2. The molecule has 2 aliphatic carbocycles. The van der Waals surface area contributed by atoms with Crippen LogP contribution in [-0.2, 0) is 37.2 Å². The number of pyridine rings is 1. The van der Waals surface area contributed by atoms with Crippen LogP contribution in [0.4, 0.5) is 4.39 Å². The van der Waals surface area contributed by atoms with Crippen molar-refractivity contribution < 1.29 is 31.9 Å². The topological polar surface area (TPSA) is 123 Å². The molecule has 280 valence electrons. The number of carbonyl (C=O) groups excluding carboxylic acids is 3. The fraction of sp³-hybridized carbons (Fsp3) is 0.524. The van der Waals surface area contributed by atoms with Crippen molar-refractivity contribution in [2.45, 2.75) is 114 Å². The molecule has 1 N–H and O–H groups in total. The first-order chi connectivity index (χ1) is 25.3. The highest BCUT2D eigenvalue weighted by molar-refractivity contribution is 7.91. The number of hydrogen-bond donors (Lipinski definition) is 1. The fourth-order valence-electron chi connectivity index (χ4n) is 9.06. The molecule has 5 atom stereocenters. The van der Waals surface area contributed by atoms with Gasteiger partial charge < -0.3 is 9.64 Å². The Hall–Kier alpha value is -4.12. The molecule has 2 aromatic carbocycles. The minimum Gasteiger partial charge on any atom is -0.483 e. The van der Waals surface area contributed by atoms with Crippen molar-refractivity contribution in [3.63, 3.8) is 0 Å². The summed E-state index contributed by atoms with van der Waals surface area (Å²) in [5.74, 6) is -1.51. The van der Waals surface area contributed by atoms with Gasteiger partial charge in [0.05, 0.1) is 34.0 Å². The SMILES string of the molecule is Cc1nc2ccccc2c2c1O[C@]1(CC2)C[C@H]2C(=O)C[C@]3(C(=O)NS(=O)(=O)C4(C)CC4)C[C@H]3/C=C\CCCCC[C@H](Cc3cccc(F)c3)C(=O)N2C1. The summed E-state index contributed by atoms with van der Waals surface area (Å²) in [6.07, 6.45) is 11.0. The summed E-state index contributed by atoms with van der Waals surface area (Å²) >= 11 is 0. The zero-order valence-electron chi connectivity index (χ0n) is 30.5. The number of aromatic nitrogens is 1. The fourth-order valence-corrected chi connectivity index (χ4v) is 10.4. The van der Waals surface area contributed by atoms with Gasteiger partial charge in [-0.3, -0.25) is 19.1 Å². The van der Waals surface area contributed by atoms with Crippen molar-refractivity contribution in [3.8, 4) is 5.75 Å². The van der Waals surface area contributed by atoms with E-state index >= 15 is 0 Å². The van der Waals surface area contributed by atoms with Gasteiger partial charge in [0.15, 0.2) is 5.78 Å². The molecule has 2 amide bonds. The third-order valence-electron chi connectivity index (χ3n) is 12.7. The predicted octanol–water partition coefficient (Wildman–Crippen LogP) is 6.69. The number of rotatable bonds is 5. The van der Waals surface area contributed by atoms with E-state index in [0.717, 1.165) is 53.4 Å². The number of ketones is 1. The molecule has 3 aromatic rings. The summed E-state index contributed by atoms with van der Waals surface area (Å²) in [6, 6.07) is 13.4. The first-order valence-electron chi connectivity index (χ1n) is 19.2. The Morgan fingerprint density at radius 3 is 2.66 bits per heavy atom. The number of nitrogens with one attached hydrogen (secondary N) is 1. The third-order valence-corrected chi connectivity index (χ3v) is 14.9. The average molecular weight is 742 g/mol. The molecular weight excluding hydrogens is 694 g/mol. The zero-order valence-corrected chi connectivity index (χ0v) is 31.4. The summed E-state index contributed by atoms with van der Waals surface area (Å²) in [4.78, 5) is 50.1. The molecule has 3 fully saturated rings. The van der Waals surface area contributed by atoms with Crippen LogP contribution in [-0.4, -0.2) is 58.8 Å². The number of ether oxygens (including phenoxy) is 1. The number of sulfonamides is 1. The van der Waals surface area contributed by atoms with Crippen molar-refractivity contribution in [2.75, 3.05) is 6.54 Å². The minimum absolute atomic E-state index is 0.171. The van der Waals surface area contributed by atoms with Gasteiger partial charge in [-0.25, -0.2) is 17.8 Å². The highest BCUT2D eigenvalue weighted by Gasteiger charge is 2.63. The minimum atomic E-state index is -3.92. The van der Waals surface area contributed by atoms with Crippen molar-refractivity contribution in [2.24, 2.45) is 17.3 Å². The van der Waals surface area contributed by atoms with Crippen LogP contribution in [0.25, 0.3) is 10.9 Å². The van der Waals surface area contributed by atoms with E-state index in [2.05, 4.69) is 4.72 Å². The first kappa shape index (κ1) is 35.9. The van der Waals surface area contributed by atoms with E-state index in [4.69, 9.17) is 9.72 Å². The van der Waals surface area contributed by atoms with Crippen LogP contribution in [0.2, 0.25) is 0 Å². The first-order valence-corrected chi connectivity index (χ1v) is 20.7. The van der Waals surface area contributed by atoms with Gasteiger partial charge in [-0.1, -0.05) is 55.3 Å². The number of aryl methyl sites for hydroxylation is 2. The Morgan fingerprint density at radius 2 is 1.87 bits per heavy atom. The lowest BCUT2D eigenvalue weighted by molar-refractivity contribution is -0.142. The van der Waals surface area contributed by atoms with E-state index in [9.17, 15) is 27.2 Å². The second-order valence-electron chi connectivity index (χ2n) is 16.6. The number of amides is 2. The Balaban J connectivity index is 1.15. The van der Waals surface area contributed by atoms with Gasteiger partial charge in [0, 0.05) is 29.7 Å². The summed E-state index contributed by atoms with van der Waals surface area (Å²) in [6.45, 7) is 3.75. The average Bonchev–Trinajstić information content (AvgIpc) is 4.02. The number of halogens is 1.